The maximum absolute atomic E-state index is 13.7. The Kier molecular flexibility index (Phi) is 4.99. The zero-order chi connectivity index (χ0) is 15.0. The molecule has 18 heavy (non-hydrogen) atoms. The van der Waals surface area contributed by atoms with Gasteiger partial charge in [0.1, 0.15) is 0 Å². The lowest BCUT2D eigenvalue weighted by molar-refractivity contribution is -0.295. The Bertz CT molecular complexity index is 274. The molecule has 0 saturated carbocycles. The smallest absolute Gasteiger partial charge is 0.170 e. The van der Waals surface area contributed by atoms with Gasteiger partial charge in [-0.05, 0) is 30.1 Å². The molecule has 0 aromatic carbocycles. The Hall–Kier alpha value is -0.210. The molecule has 0 aromatic heterocycles. The lowest BCUT2D eigenvalue weighted by Gasteiger charge is -2.55. The lowest BCUT2D eigenvalue weighted by Crippen LogP contribution is -2.56. The van der Waals surface area contributed by atoms with Crippen LogP contribution in [0.5, 0.6) is 0 Å². The largest absolute Gasteiger partial charge is 0.395 e. The summed E-state index contributed by atoms with van der Waals surface area (Å²) in [7, 11) is 0. The summed E-state index contributed by atoms with van der Waals surface area (Å²) in [6, 6.07) is 0. The van der Waals surface area contributed by atoms with Crippen molar-refractivity contribution in [2.24, 2.45) is 22.2 Å². The van der Waals surface area contributed by atoms with Gasteiger partial charge in [0.2, 0.25) is 0 Å². The van der Waals surface area contributed by atoms with Crippen molar-refractivity contribution in [3.05, 3.63) is 0 Å². The predicted octanol–water partition coefficient (Wildman–Crippen LogP) is 6.06. The van der Waals surface area contributed by atoms with Gasteiger partial charge < -0.3 is 0 Å². The summed E-state index contributed by atoms with van der Waals surface area (Å²) < 4.78 is 41.2. The fourth-order valence-corrected chi connectivity index (χ4v) is 3.26. The highest BCUT2D eigenvalue weighted by atomic mass is 19.4. The molecular weight excluding hydrogens is 237 g/mol. The van der Waals surface area contributed by atoms with Crippen LogP contribution in [-0.2, 0) is 0 Å². The van der Waals surface area contributed by atoms with Crippen molar-refractivity contribution in [3.8, 4) is 0 Å². The van der Waals surface area contributed by atoms with Crippen LogP contribution in [-0.4, -0.2) is 6.18 Å². The standard InChI is InChI=1S/C15H29F3/c1-9-12(4,5)14(8,15(16,17)18)13(6,7)10-11(2)3/h11H,9-10H2,1-8H3. The zero-order valence-corrected chi connectivity index (χ0v) is 13.1. The fourth-order valence-electron chi connectivity index (χ4n) is 3.26. The summed E-state index contributed by atoms with van der Waals surface area (Å²) in [5, 5.41) is 0. The van der Waals surface area contributed by atoms with Crippen molar-refractivity contribution in [3.63, 3.8) is 0 Å². The molecule has 0 amide bonds. The van der Waals surface area contributed by atoms with E-state index in [9.17, 15) is 13.2 Å². The van der Waals surface area contributed by atoms with Crippen LogP contribution in [0.2, 0.25) is 0 Å². The van der Waals surface area contributed by atoms with Crippen LogP contribution < -0.4 is 0 Å². The normalized spacial score (nSPS) is 18.0. The molecule has 0 rings (SSSR count). The molecule has 0 aliphatic carbocycles. The third-order valence-electron chi connectivity index (χ3n) is 5.08. The van der Waals surface area contributed by atoms with Gasteiger partial charge in [0.05, 0.1) is 5.41 Å². The number of hydrogen-bond acceptors (Lipinski definition) is 0. The maximum atomic E-state index is 13.7. The Morgan fingerprint density at radius 2 is 1.22 bits per heavy atom. The molecule has 0 bridgehead atoms. The first kappa shape index (κ1) is 17.8. The van der Waals surface area contributed by atoms with E-state index in [0.717, 1.165) is 0 Å². The molecule has 1 unspecified atom stereocenters. The summed E-state index contributed by atoms with van der Waals surface area (Å²) in [6.07, 6.45) is -3.10. The van der Waals surface area contributed by atoms with Crippen molar-refractivity contribution in [1.29, 1.82) is 0 Å². The average molecular weight is 266 g/mol. The van der Waals surface area contributed by atoms with E-state index in [2.05, 4.69) is 0 Å². The molecule has 0 radical (unpaired) electrons. The van der Waals surface area contributed by atoms with E-state index in [1.165, 1.54) is 6.92 Å². The number of halogens is 3. The third kappa shape index (κ3) is 2.85. The third-order valence-corrected chi connectivity index (χ3v) is 5.08. The van der Waals surface area contributed by atoms with Gasteiger partial charge in [-0.1, -0.05) is 54.9 Å². The van der Waals surface area contributed by atoms with Gasteiger partial charge in [-0.15, -0.1) is 0 Å². The minimum Gasteiger partial charge on any atom is -0.170 e. The molecule has 0 nitrogen and oxygen atoms in total. The van der Waals surface area contributed by atoms with E-state index >= 15 is 0 Å². The van der Waals surface area contributed by atoms with Gasteiger partial charge in [-0.25, -0.2) is 0 Å². The Morgan fingerprint density at radius 3 is 1.44 bits per heavy atom. The Balaban J connectivity index is 5.79. The highest BCUT2D eigenvalue weighted by Crippen LogP contribution is 2.63. The lowest BCUT2D eigenvalue weighted by atomic mass is 9.51. The van der Waals surface area contributed by atoms with E-state index < -0.39 is 22.4 Å². The van der Waals surface area contributed by atoms with E-state index in [0.29, 0.717) is 12.8 Å². The second-order valence-electron chi connectivity index (χ2n) is 7.34. The topological polar surface area (TPSA) is 0 Å². The molecule has 0 heterocycles. The molecule has 0 saturated heterocycles. The number of hydrogen-bond donors (Lipinski definition) is 0. The minimum absolute atomic E-state index is 0.259. The van der Waals surface area contributed by atoms with Crippen molar-refractivity contribution >= 4 is 0 Å². The van der Waals surface area contributed by atoms with Gasteiger partial charge >= 0.3 is 6.18 Å². The molecule has 0 spiro atoms. The number of rotatable bonds is 5. The first-order valence-corrected chi connectivity index (χ1v) is 6.79. The van der Waals surface area contributed by atoms with Crippen LogP contribution in [0.1, 0.15) is 68.2 Å². The molecule has 0 aliphatic heterocycles. The highest BCUT2D eigenvalue weighted by molar-refractivity contribution is 5.03. The summed E-state index contributed by atoms with van der Waals surface area (Å²) >= 11 is 0. The van der Waals surface area contributed by atoms with E-state index in [-0.39, 0.29) is 5.92 Å². The molecule has 3 heteroatoms. The second-order valence-corrected chi connectivity index (χ2v) is 7.34. The van der Waals surface area contributed by atoms with Crippen LogP contribution in [0.25, 0.3) is 0 Å². The summed E-state index contributed by atoms with van der Waals surface area (Å²) in [4.78, 5) is 0. The molecule has 0 fully saturated rings. The average Bonchev–Trinajstić information content (AvgIpc) is 2.12. The van der Waals surface area contributed by atoms with Gasteiger partial charge in [-0.2, -0.15) is 13.2 Å². The van der Waals surface area contributed by atoms with Gasteiger partial charge in [0, 0.05) is 0 Å². The monoisotopic (exact) mass is 266 g/mol. The van der Waals surface area contributed by atoms with Crippen molar-refractivity contribution in [2.75, 3.05) is 0 Å². The van der Waals surface area contributed by atoms with E-state index in [4.69, 9.17) is 0 Å². The molecular formula is C15H29F3. The quantitative estimate of drug-likeness (QED) is 0.567. The first-order valence-electron chi connectivity index (χ1n) is 6.79. The molecule has 110 valence electrons. The van der Waals surface area contributed by atoms with Crippen LogP contribution in [0.15, 0.2) is 0 Å². The van der Waals surface area contributed by atoms with Crippen LogP contribution in [0, 0.1) is 22.2 Å². The summed E-state index contributed by atoms with van der Waals surface area (Å²) in [5.41, 5.74) is -3.24. The minimum atomic E-state index is -4.19. The highest BCUT2D eigenvalue weighted by Gasteiger charge is 2.65. The molecule has 0 aliphatic rings. The zero-order valence-electron chi connectivity index (χ0n) is 13.1. The van der Waals surface area contributed by atoms with Crippen LogP contribution >= 0.6 is 0 Å². The van der Waals surface area contributed by atoms with Gasteiger partial charge in [-0.3, -0.25) is 0 Å². The van der Waals surface area contributed by atoms with Crippen molar-refractivity contribution in [1.82, 2.24) is 0 Å². The second kappa shape index (κ2) is 5.05. The Labute approximate surface area is 110 Å². The van der Waals surface area contributed by atoms with Crippen molar-refractivity contribution < 1.29 is 13.2 Å². The van der Waals surface area contributed by atoms with Crippen LogP contribution in [0.3, 0.4) is 0 Å². The summed E-state index contributed by atoms with van der Waals surface area (Å²) in [5.74, 6) is 0.259. The first-order chi connectivity index (χ1) is 7.73. The molecule has 0 N–H and O–H groups in total. The Morgan fingerprint density at radius 1 is 0.833 bits per heavy atom. The van der Waals surface area contributed by atoms with E-state index in [1.807, 2.05) is 20.8 Å². The van der Waals surface area contributed by atoms with E-state index in [1.54, 1.807) is 27.7 Å². The summed E-state index contributed by atoms with van der Waals surface area (Å²) in [6.45, 7) is 14.2. The van der Waals surface area contributed by atoms with Crippen molar-refractivity contribution in [2.45, 2.75) is 74.4 Å². The number of alkyl halides is 3. The SMILES string of the molecule is CCC(C)(C)C(C)(C(F)(F)F)C(C)(C)CC(C)C. The van der Waals surface area contributed by atoms with Gasteiger partial charge in [0.25, 0.3) is 0 Å². The van der Waals surface area contributed by atoms with Gasteiger partial charge in [0.15, 0.2) is 0 Å². The fraction of sp³-hybridized carbons (Fsp3) is 1.00. The molecule has 0 aromatic rings. The maximum Gasteiger partial charge on any atom is 0.395 e. The predicted molar refractivity (Wildman–Crippen MR) is 71.5 cm³/mol. The molecule has 1 atom stereocenters. The van der Waals surface area contributed by atoms with Crippen LogP contribution in [0.4, 0.5) is 13.2 Å².